The van der Waals surface area contributed by atoms with E-state index in [9.17, 15) is 5.11 Å². The first-order valence-corrected chi connectivity index (χ1v) is 12.7. The summed E-state index contributed by atoms with van der Waals surface area (Å²) in [5.74, 6) is 0.301. The van der Waals surface area contributed by atoms with Gasteiger partial charge in [0.25, 0.3) is 0 Å². The van der Waals surface area contributed by atoms with Gasteiger partial charge in [-0.15, -0.1) is 0 Å². The van der Waals surface area contributed by atoms with E-state index in [2.05, 4.69) is 32.1 Å². The van der Waals surface area contributed by atoms with E-state index in [1.54, 1.807) is 24.9 Å². The number of aliphatic hydroxyl groups excluding tert-OH is 1. The van der Waals surface area contributed by atoms with Crippen LogP contribution in [0.2, 0.25) is 5.02 Å². The van der Waals surface area contributed by atoms with E-state index in [4.69, 9.17) is 16.3 Å². The number of aliphatic hydroxyl groups is 1. The second kappa shape index (κ2) is 10.5. The molecule has 0 fully saturated rings. The molecule has 0 spiro atoms. The second-order valence-corrected chi connectivity index (χ2v) is 10.3. The minimum Gasteiger partial charge on any atom is -0.496 e. The third kappa shape index (κ3) is 4.77. The molecule has 180 valence electrons. The lowest BCUT2D eigenvalue weighted by Gasteiger charge is -2.23. The molecule has 2 aromatic carbocycles. The number of rotatable bonds is 7. The first kappa shape index (κ1) is 24.8. The number of allylic oxidation sites excluding steroid dienone is 1. The van der Waals surface area contributed by atoms with Crippen molar-refractivity contribution in [1.82, 2.24) is 9.78 Å². The number of halogens is 2. The Bertz CT molecular complexity index is 1220. The van der Waals surface area contributed by atoms with Gasteiger partial charge in [0, 0.05) is 33.7 Å². The second-order valence-electron chi connectivity index (χ2n) is 8.80. The van der Waals surface area contributed by atoms with Crippen molar-refractivity contribution in [2.75, 3.05) is 7.11 Å². The van der Waals surface area contributed by atoms with Gasteiger partial charge in [-0.2, -0.15) is 5.10 Å². The molecule has 1 aliphatic carbocycles. The van der Waals surface area contributed by atoms with Gasteiger partial charge in [-0.05, 0) is 67.0 Å². The lowest BCUT2D eigenvalue weighted by Crippen LogP contribution is -2.10. The molecular weight excluding hydrogens is 471 g/mol. The maximum absolute atomic E-state index is 15.6. The third-order valence-electron chi connectivity index (χ3n) is 6.53. The summed E-state index contributed by atoms with van der Waals surface area (Å²) in [4.78, 5) is 1.98. The van der Waals surface area contributed by atoms with Crippen LogP contribution in [0.15, 0.2) is 53.2 Å². The van der Waals surface area contributed by atoms with Gasteiger partial charge in [-0.3, -0.25) is 4.68 Å². The van der Waals surface area contributed by atoms with Crippen molar-refractivity contribution in [3.05, 3.63) is 81.4 Å². The number of hydrogen-bond donors (Lipinski definition) is 1. The van der Waals surface area contributed by atoms with Crippen molar-refractivity contribution in [2.24, 2.45) is 0 Å². The van der Waals surface area contributed by atoms with Crippen LogP contribution in [0.5, 0.6) is 5.75 Å². The van der Waals surface area contributed by atoms with Crippen LogP contribution in [0.4, 0.5) is 4.39 Å². The van der Waals surface area contributed by atoms with Crippen molar-refractivity contribution in [3.63, 3.8) is 0 Å². The number of methoxy groups -OCH3 is 1. The van der Waals surface area contributed by atoms with E-state index in [0.717, 1.165) is 45.9 Å². The van der Waals surface area contributed by atoms with Gasteiger partial charge < -0.3 is 9.84 Å². The zero-order chi connectivity index (χ0) is 24.4. The summed E-state index contributed by atoms with van der Waals surface area (Å²) in [6, 6.07) is 9.33. The number of aromatic nitrogens is 2. The minimum absolute atomic E-state index is 0.0788. The third-order valence-corrected chi connectivity index (χ3v) is 8.08. The molecule has 1 N–H and O–H groups in total. The van der Waals surface area contributed by atoms with E-state index >= 15 is 4.39 Å². The van der Waals surface area contributed by atoms with Crippen LogP contribution >= 0.6 is 23.4 Å². The highest BCUT2D eigenvalue weighted by molar-refractivity contribution is 8.08. The molecule has 34 heavy (non-hydrogen) atoms. The summed E-state index contributed by atoms with van der Waals surface area (Å²) >= 11 is 7.85. The van der Waals surface area contributed by atoms with Gasteiger partial charge in [-0.25, -0.2) is 4.39 Å². The summed E-state index contributed by atoms with van der Waals surface area (Å²) < 4.78 is 22.9. The number of nitrogens with zero attached hydrogens (tertiary/aromatic N) is 2. The Labute approximate surface area is 209 Å². The van der Waals surface area contributed by atoms with Gasteiger partial charge in [0.2, 0.25) is 0 Å². The molecule has 4 nitrogen and oxygen atoms in total. The van der Waals surface area contributed by atoms with Gasteiger partial charge in [-0.1, -0.05) is 48.8 Å². The quantitative estimate of drug-likeness (QED) is 0.367. The van der Waals surface area contributed by atoms with Crippen LogP contribution in [0.1, 0.15) is 67.7 Å². The summed E-state index contributed by atoms with van der Waals surface area (Å²) in [6.07, 6.45) is 5.80. The Kier molecular flexibility index (Phi) is 7.70. The fourth-order valence-corrected chi connectivity index (χ4v) is 6.05. The van der Waals surface area contributed by atoms with E-state index in [1.165, 1.54) is 5.57 Å². The standard InChI is InChI=1S/C27H30ClFN2O2S/c1-5-10-31-14-19(13-30-31)22-11-16(2)27(21-7-8-23(28)26(29)25(21)17(22)3)34-20-6-9-24(33-4)18(12-20)15-32/h6-9,12-14,17,22,32H,5,10-11,15H2,1-4H3. The number of thioether (sulfide) groups is 1. The number of benzene rings is 2. The summed E-state index contributed by atoms with van der Waals surface area (Å²) in [6.45, 7) is 7.07. The lowest BCUT2D eigenvalue weighted by molar-refractivity contribution is 0.273. The highest BCUT2D eigenvalue weighted by Gasteiger charge is 2.33. The van der Waals surface area contributed by atoms with Gasteiger partial charge in [0.15, 0.2) is 0 Å². The monoisotopic (exact) mass is 500 g/mol. The molecule has 0 saturated carbocycles. The molecule has 0 amide bonds. The smallest absolute Gasteiger partial charge is 0.145 e. The summed E-state index contributed by atoms with van der Waals surface area (Å²) in [7, 11) is 1.59. The molecule has 1 aromatic heterocycles. The van der Waals surface area contributed by atoms with E-state index in [1.807, 2.05) is 35.1 Å². The van der Waals surface area contributed by atoms with Gasteiger partial charge in [0.1, 0.15) is 11.6 Å². The molecule has 1 aliphatic rings. The normalized spacial score (nSPS) is 18.1. The topological polar surface area (TPSA) is 47.3 Å². The Morgan fingerprint density at radius 1 is 1.29 bits per heavy atom. The average Bonchev–Trinajstić information content (AvgIpc) is 3.26. The highest BCUT2D eigenvalue weighted by atomic mass is 35.5. The Morgan fingerprint density at radius 3 is 2.79 bits per heavy atom. The first-order valence-electron chi connectivity index (χ1n) is 11.5. The summed E-state index contributed by atoms with van der Waals surface area (Å²) in [5, 5.41) is 14.4. The van der Waals surface area contributed by atoms with Crippen LogP contribution in [0.3, 0.4) is 0 Å². The van der Waals surface area contributed by atoms with Crippen LogP contribution in [-0.4, -0.2) is 22.0 Å². The maximum Gasteiger partial charge on any atom is 0.145 e. The van der Waals surface area contributed by atoms with Crippen LogP contribution in [0, 0.1) is 5.82 Å². The Hall–Kier alpha value is -2.28. The predicted octanol–water partition coefficient (Wildman–Crippen LogP) is 7.40. The van der Waals surface area contributed by atoms with Crippen LogP contribution in [-0.2, 0) is 13.2 Å². The zero-order valence-electron chi connectivity index (χ0n) is 19.9. The number of hydrogen-bond acceptors (Lipinski definition) is 4. The van der Waals surface area contributed by atoms with E-state index in [-0.39, 0.29) is 29.3 Å². The lowest BCUT2D eigenvalue weighted by atomic mass is 9.81. The van der Waals surface area contributed by atoms with E-state index in [0.29, 0.717) is 11.3 Å². The van der Waals surface area contributed by atoms with Gasteiger partial charge >= 0.3 is 0 Å². The molecule has 7 heteroatoms. The number of aryl methyl sites for hydroxylation is 1. The largest absolute Gasteiger partial charge is 0.496 e. The predicted molar refractivity (Wildman–Crippen MR) is 137 cm³/mol. The van der Waals surface area contributed by atoms with Crippen molar-refractivity contribution in [2.45, 2.75) is 63.5 Å². The molecule has 2 unspecified atom stereocenters. The average molecular weight is 501 g/mol. The first-order chi connectivity index (χ1) is 16.4. The SMILES string of the molecule is CCCn1cc(C2CC(C)=C(Sc3ccc(OC)c(CO)c3)c3ccc(Cl)c(F)c3C2C)cn1. The van der Waals surface area contributed by atoms with Crippen LogP contribution < -0.4 is 4.74 Å². The van der Waals surface area contributed by atoms with Crippen molar-refractivity contribution >= 4 is 28.3 Å². The summed E-state index contributed by atoms with van der Waals surface area (Å²) in [5.41, 5.74) is 4.55. The Morgan fingerprint density at radius 2 is 2.09 bits per heavy atom. The zero-order valence-corrected chi connectivity index (χ0v) is 21.5. The minimum atomic E-state index is -0.351. The van der Waals surface area contributed by atoms with Crippen LogP contribution in [0.25, 0.3) is 4.91 Å². The van der Waals surface area contributed by atoms with E-state index < -0.39 is 0 Å². The maximum atomic E-state index is 15.6. The molecule has 0 aliphatic heterocycles. The fraction of sp³-hybridized carbons (Fsp3) is 0.370. The molecule has 3 aromatic rings. The number of fused-ring (bicyclic) bond motifs is 1. The van der Waals surface area contributed by atoms with Crippen molar-refractivity contribution in [3.8, 4) is 5.75 Å². The molecular formula is C27H30ClFN2O2S. The molecule has 0 bridgehead atoms. The van der Waals surface area contributed by atoms with Crippen molar-refractivity contribution < 1.29 is 14.2 Å². The molecule has 0 radical (unpaired) electrons. The molecule has 2 atom stereocenters. The fourth-order valence-electron chi connectivity index (χ4n) is 4.77. The molecule has 1 heterocycles. The molecule has 4 rings (SSSR count). The van der Waals surface area contributed by atoms with Gasteiger partial charge in [0.05, 0.1) is 24.9 Å². The number of ether oxygens (including phenoxy) is 1. The van der Waals surface area contributed by atoms with Crippen molar-refractivity contribution in [1.29, 1.82) is 0 Å². The Balaban J connectivity index is 1.81. The highest BCUT2D eigenvalue weighted by Crippen LogP contribution is 2.51. The molecule has 0 saturated heterocycles.